The predicted octanol–water partition coefficient (Wildman–Crippen LogP) is 6.86. The SMILES string of the molecule is CCCOC(=O)N1CCN(c2ccc(N(CCc3ccccc3)Sc3ccc4oc(C(=O)O)c(C)c4c3)cc2)CC1. The molecule has 1 aromatic heterocycles. The van der Waals surface area contributed by atoms with Gasteiger partial charge in [-0.1, -0.05) is 37.3 Å². The summed E-state index contributed by atoms with van der Waals surface area (Å²) in [5.74, 6) is -1.08. The van der Waals surface area contributed by atoms with Crippen LogP contribution in [0.5, 0.6) is 0 Å². The van der Waals surface area contributed by atoms with Gasteiger partial charge in [0.2, 0.25) is 5.76 Å². The van der Waals surface area contributed by atoms with Crippen LogP contribution in [0, 0.1) is 6.92 Å². The maximum absolute atomic E-state index is 12.2. The average molecular weight is 574 g/mol. The fourth-order valence-electron chi connectivity index (χ4n) is 4.95. The van der Waals surface area contributed by atoms with Gasteiger partial charge in [-0.05, 0) is 79.7 Å². The van der Waals surface area contributed by atoms with Crippen LogP contribution in [0.2, 0.25) is 0 Å². The Morgan fingerprint density at radius 3 is 2.41 bits per heavy atom. The molecule has 214 valence electrons. The molecule has 3 aromatic carbocycles. The van der Waals surface area contributed by atoms with E-state index >= 15 is 0 Å². The fourth-order valence-corrected chi connectivity index (χ4v) is 5.91. The monoisotopic (exact) mass is 573 g/mol. The Bertz CT molecular complexity index is 1480. The molecule has 0 spiro atoms. The van der Waals surface area contributed by atoms with Gasteiger partial charge in [-0.3, -0.25) is 0 Å². The van der Waals surface area contributed by atoms with Gasteiger partial charge in [0.25, 0.3) is 0 Å². The molecule has 0 atom stereocenters. The van der Waals surface area contributed by atoms with Gasteiger partial charge in [-0.25, -0.2) is 9.59 Å². The van der Waals surface area contributed by atoms with E-state index in [2.05, 4.69) is 57.7 Å². The molecule has 1 aliphatic heterocycles. The summed E-state index contributed by atoms with van der Waals surface area (Å²) in [6, 6.07) is 24.8. The minimum atomic E-state index is -1.06. The van der Waals surface area contributed by atoms with Gasteiger partial charge in [0.15, 0.2) is 0 Å². The van der Waals surface area contributed by atoms with Crippen LogP contribution < -0.4 is 9.21 Å². The second-order valence-corrected chi connectivity index (χ2v) is 11.1. The quantitative estimate of drug-likeness (QED) is 0.206. The zero-order chi connectivity index (χ0) is 28.8. The van der Waals surface area contributed by atoms with Crippen LogP contribution in [0.15, 0.2) is 82.1 Å². The van der Waals surface area contributed by atoms with Crippen molar-refractivity contribution in [3.63, 3.8) is 0 Å². The lowest BCUT2D eigenvalue weighted by atomic mass is 10.1. The Morgan fingerprint density at radius 2 is 1.73 bits per heavy atom. The molecule has 0 radical (unpaired) electrons. The van der Waals surface area contributed by atoms with E-state index in [1.807, 2.05) is 31.2 Å². The third-order valence-electron chi connectivity index (χ3n) is 7.23. The highest BCUT2D eigenvalue weighted by Crippen LogP contribution is 2.34. The van der Waals surface area contributed by atoms with E-state index in [4.69, 9.17) is 9.15 Å². The number of rotatable bonds is 10. The third-order valence-corrected chi connectivity index (χ3v) is 8.31. The third kappa shape index (κ3) is 6.79. The van der Waals surface area contributed by atoms with E-state index in [0.29, 0.717) is 30.8 Å². The maximum Gasteiger partial charge on any atom is 0.409 e. The standard InChI is InChI=1S/C32H35N3O5S/c1-3-21-39-32(38)34-19-17-33(18-20-34)25-9-11-26(12-10-25)35(16-15-24-7-5-4-6-8-24)41-27-13-14-29-28(22-27)23(2)30(40-29)31(36)37/h4-14,22H,3,15-21H2,1-2H3,(H,36,37). The van der Waals surface area contributed by atoms with Crippen LogP contribution >= 0.6 is 11.9 Å². The molecule has 1 fully saturated rings. The summed E-state index contributed by atoms with van der Waals surface area (Å²) in [6.45, 7) is 7.82. The molecule has 4 aromatic rings. The van der Waals surface area contributed by atoms with Crippen molar-refractivity contribution in [1.29, 1.82) is 0 Å². The molecule has 1 amide bonds. The number of carboxylic acid groups (broad SMARTS) is 1. The van der Waals surface area contributed by atoms with Gasteiger partial charge in [-0.2, -0.15) is 0 Å². The Labute approximate surface area is 244 Å². The summed E-state index contributed by atoms with van der Waals surface area (Å²) in [5, 5.41) is 10.3. The molecular formula is C32H35N3O5S. The molecule has 9 heteroatoms. The lowest BCUT2D eigenvalue weighted by Gasteiger charge is -2.35. The first-order chi connectivity index (χ1) is 19.9. The van der Waals surface area contributed by atoms with Crippen molar-refractivity contribution in [1.82, 2.24) is 4.90 Å². The van der Waals surface area contributed by atoms with Gasteiger partial charge in [-0.15, -0.1) is 0 Å². The highest BCUT2D eigenvalue weighted by Gasteiger charge is 2.23. The highest BCUT2D eigenvalue weighted by atomic mass is 32.2. The minimum absolute atomic E-state index is 0.0163. The molecule has 0 unspecified atom stereocenters. The number of benzene rings is 3. The van der Waals surface area contributed by atoms with Crippen LogP contribution in [-0.2, 0) is 11.2 Å². The van der Waals surface area contributed by atoms with E-state index in [9.17, 15) is 14.7 Å². The predicted molar refractivity (Wildman–Crippen MR) is 163 cm³/mol. The van der Waals surface area contributed by atoms with E-state index in [0.717, 1.165) is 54.1 Å². The molecular weight excluding hydrogens is 538 g/mol. The van der Waals surface area contributed by atoms with Gasteiger partial charge in [0.1, 0.15) is 5.58 Å². The molecule has 2 heterocycles. The van der Waals surface area contributed by atoms with E-state index < -0.39 is 5.97 Å². The zero-order valence-electron chi connectivity index (χ0n) is 23.4. The first kappa shape index (κ1) is 28.4. The topological polar surface area (TPSA) is 86.5 Å². The number of hydrogen-bond donors (Lipinski definition) is 1. The van der Waals surface area contributed by atoms with Crippen molar-refractivity contribution in [2.24, 2.45) is 0 Å². The number of furan rings is 1. The number of aryl methyl sites for hydroxylation is 1. The molecule has 1 N–H and O–H groups in total. The number of anilines is 2. The first-order valence-electron chi connectivity index (χ1n) is 14.0. The summed E-state index contributed by atoms with van der Waals surface area (Å²) in [6.07, 6.45) is 1.47. The van der Waals surface area contributed by atoms with Gasteiger partial charge < -0.3 is 28.4 Å². The lowest BCUT2D eigenvalue weighted by Crippen LogP contribution is -2.49. The highest BCUT2D eigenvalue weighted by molar-refractivity contribution is 8.00. The fraction of sp³-hybridized carbons (Fsp3) is 0.312. The van der Waals surface area contributed by atoms with Crippen LogP contribution in [0.4, 0.5) is 16.2 Å². The average Bonchev–Trinajstić information content (AvgIpc) is 3.34. The van der Waals surface area contributed by atoms with Crippen molar-refractivity contribution in [2.45, 2.75) is 31.6 Å². The summed E-state index contributed by atoms with van der Waals surface area (Å²) in [7, 11) is 0. The number of carbonyl (C=O) groups excluding carboxylic acids is 1. The van der Waals surface area contributed by atoms with Crippen LogP contribution in [-0.4, -0.2) is 61.4 Å². The van der Waals surface area contributed by atoms with E-state index in [1.54, 1.807) is 23.8 Å². The second kappa shape index (κ2) is 13.0. The van der Waals surface area contributed by atoms with Gasteiger partial charge in [0.05, 0.1) is 6.61 Å². The van der Waals surface area contributed by atoms with Crippen LogP contribution in [0.3, 0.4) is 0 Å². The number of carboxylic acids is 1. The van der Waals surface area contributed by atoms with Crippen molar-refractivity contribution in [2.75, 3.05) is 48.5 Å². The van der Waals surface area contributed by atoms with Crippen LogP contribution in [0.1, 0.15) is 35.0 Å². The van der Waals surface area contributed by atoms with E-state index in [-0.39, 0.29) is 11.9 Å². The maximum atomic E-state index is 12.2. The molecule has 41 heavy (non-hydrogen) atoms. The number of carbonyl (C=O) groups is 2. The van der Waals surface area contributed by atoms with Gasteiger partial charge in [0, 0.05) is 59.9 Å². The lowest BCUT2D eigenvalue weighted by molar-refractivity contribution is 0.0663. The molecule has 1 aliphatic rings. The first-order valence-corrected chi connectivity index (χ1v) is 14.7. The summed E-state index contributed by atoms with van der Waals surface area (Å²) in [5.41, 5.74) is 4.67. The van der Waals surface area contributed by atoms with Crippen molar-refractivity contribution in [3.05, 3.63) is 89.7 Å². The van der Waals surface area contributed by atoms with Crippen LogP contribution in [0.25, 0.3) is 11.0 Å². The number of amides is 1. The molecule has 1 saturated heterocycles. The number of aromatic carboxylic acids is 1. The van der Waals surface area contributed by atoms with Crippen molar-refractivity contribution < 1.29 is 23.8 Å². The Balaban J connectivity index is 1.31. The zero-order valence-corrected chi connectivity index (χ0v) is 24.2. The number of ether oxygens (including phenoxy) is 1. The van der Waals surface area contributed by atoms with Gasteiger partial charge >= 0.3 is 12.1 Å². The number of nitrogens with zero attached hydrogens (tertiary/aromatic N) is 3. The smallest absolute Gasteiger partial charge is 0.409 e. The van der Waals surface area contributed by atoms with Crippen molar-refractivity contribution >= 4 is 46.4 Å². The van der Waals surface area contributed by atoms with Crippen molar-refractivity contribution in [3.8, 4) is 0 Å². The summed E-state index contributed by atoms with van der Waals surface area (Å²) < 4.78 is 13.1. The summed E-state index contributed by atoms with van der Waals surface area (Å²) in [4.78, 5) is 28.8. The minimum Gasteiger partial charge on any atom is -0.475 e. The molecule has 0 aliphatic carbocycles. The summed E-state index contributed by atoms with van der Waals surface area (Å²) >= 11 is 1.63. The Kier molecular flexibility index (Phi) is 9.04. The number of piperazine rings is 1. The molecule has 0 bridgehead atoms. The second-order valence-electron chi connectivity index (χ2n) is 10.1. The molecule has 0 saturated carbocycles. The largest absolute Gasteiger partial charge is 0.475 e. The molecule has 5 rings (SSSR count). The number of fused-ring (bicyclic) bond motifs is 1. The number of hydrogen-bond acceptors (Lipinski definition) is 7. The normalized spacial score (nSPS) is 13.4. The van der Waals surface area contributed by atoms with E-state index in [1.165, 1.54) is 5.56 Å². The Morgan fingerprint density at radius 1 is 1.00 bits per heavy atom. The Hall–Kier alpha value is -4.11. The molecule has 8 nitrogen and oxygen atoms in total.